The van der Waals surface area contributed by atoms with Crippen LogP contribution in [0.1, 0.15) is 86.0 Å². The first-order chi connectivity index (χ1) is 14.3. The molecule has 1 N–H and O–H groups in total. The fourth-order valence-corrected chi connectivity index (χ4v) is 6.32. The van der Waals surface area contributed by atoms with Gasteiger partial charge in [0, 0.05) is 6.42 Å². The zero-order valence-corrected chi connectivity index (χ0v) is 20.0. The second-order valence-electron chi connectivity index (χ2n) is 11.0. The first-order valence-electron chi connectivity index (χ1n) is 12.3. The summed E-state index contributed by atoms with van der Waals surface area (Å²) in [6.45, 7) is 16.2. The molecule has 168 valence electrons. The molecule has 0 bridgehead atoms. The maximum absolute atomic E-state index is 9.08. The number of hydrogen-bond acceptors (Lipinski definition) is 2. The molecule has 3 rings (SSSR count). The van der Waals surface area contributed by atoms with E-state index in [-0.39, 0.29) is 6.10 Å². The normalized spacial score (nSPS) is 37.3. The molecule has 0 aromatic heterocycles. The van der Waals surface area contributed by atoms with E-state index in [1.165, 1.54) is 43.3 Å². The van der Waals surface area contributed by atoms with Crippen molar-refractivity contribution in [3.05, 3.63) is 47.6 Å². The molecule has 0 amide bonds. The molecule has 3 aliphatic rings. The van der Waals surface area contributed by atoms with Crippen molar-refractivity contribution in [3.63, 3.8) is 0 Å². The van der Waals surface area contributed by atoms with Gasteiger partial charge in [-0.25, -0.2) is 4.89 Å². The van der Waals surface area contributed by atoms with Crippen molar-refractivity contribution in [2.24, 2.45) is 35.0 Å². The summed E-state index contributed by atoms with van der Waals surface area (Å²) < 4.78 is 0. The van der Waals surface area contributed by atoms with Crippen LogP contribution in [0.2, 0.25) is 0 Å². The average molecular weight is 413 g/mol. The van der Waals surface area contributed by atoms with E-state index in [1.807, 2.05) is 0 Å². The summed E-state index contributed by atoms with van der Waals surface area (Å²) in [7, 11) is 0. The van der Waals surface area contributed by atoms with E-state index in [0.29, 0.717) is 29.1 Å². The summed E-state index contributed by atoms with van der Waals surface area (Å²) in [5.41, 5.74) is 4.54. The topological polar surface area (TPSA) is 29.5 Å². The van der Waals surface area contributed by atoms with E-state index in [2.05, 4.69) is 70.4 Å². The van der Waals surface area contributed by atoms with Gasteiger partial charge < -0.3 is 0 Å². The smallest absolute Gasteiger partial charge is 0.0970 e. The van der Waals surface area contributed by atoms with Crippen LogP contribution in [-0.2, 0) is 4.89 Å². The summed E-state index contributed by atoms with van der Waals surface area (Å²) in [6.07, 6.45) is 18.7. The summed E-state index contributed by atoms with van der Waals surface area (Å²) in [6, 6.07) is 0. The van der Waals surface area contributed by atoms with Gasteiger partial charge in [0.2, 0.25) is 0 Å². The SMILES string of the molecule is C=C1CC[C@H](OO)C/C1=C/C=C1\CCC[C@]2(C)[C@@H]([C@H](C)/C=C/[C@H](C)C(C)C)CC[C@@H]12. The molecule has 0 saturated heterocycles. The van der Waals surface area contributed by atoms with Crippen LogP contribution in [0.25, 0.3) is 0 Å². The molecule has 0 spiro atoms. The number of fused-ring (bicyclic) bond motifs is 1. The Balaban J connectivity index is 1.75. The van der Waals surface area contributed by atoms with E-state index in [0.717, 1.165) is 25.2 Å². The predicted octanol–water partition coefficient (Wildman–Crippen LogP) is 8.14. The van der Waals surface area contributed by atoms with Gasteiger partial charge in [0.15, 0.2) is 0 Å². The number of rotatable bonds is 6. The van der Waals surface area contributed by atoms with Crippen LogP contribution < -0.4 is 0 Å². The van der Waals surface area contributed by atoms with Gasteiger partial charge in [0.1, 0.15) is 0 Å². The first-order valence-corrected chi connectivity index (χ1v) is 12.3. The maximum Gasteiger partial charge on any atom is 0.0970 e. The molecule has 0 unspecified atom stereocenters. The standard InChI is InChI=1S/C28H44O2/c1-19(2)20(3)9-10-22(5)26-15-16-27-23(8-7-17-28(26,27)6)12-13-24-18-25(30-29)14-11-21(24)4/h9-10,12-13,19-20,22,25-27,29H,4,7-8,11,14-18H2,1-3,5-6H3/b10-9+,23-12+,24-13-/t20-,22+,25-,26+,27-,28+/m0/s1. The molecule has 3 aliphatic carbocycles. The van der Waals surface area contributed by atoms with Gasteiger partial charge >= 0.3 is 0 Å². The van der Waals surface area contributed by atoms with Crippen LogP contribution in [0.15, 0.2) is 47.6 Å². The highest BCUT2D eigenvalue weighted by Gasteiger charge is 2.50. The Morgan fingerprint density at radius 3 is 2.53 bits per heavy atom. The zero-order chi connectivity index (χ0) is 21.9. The molecule has 0 radical (unpaired) electrons. The lowest BCUT2D eigenvalue weighted by atomic mass is 9.61. The van der Waals surface area contributed by atoms with E-state index in [1.54, 1.807) is 5.57 Å². The van der Waals surface area contributed by atoms with Gasteiger partial charge in [-0.3, -0.25) is 5.26 Å². The fraction of sp³-hybridized carbons (Fsp3) is 0.714. The minimum Gasteiger partial charge on any atom is -0.252 e. The van der Waals surface area contributed by atoms with Gasteiger partial charge in [-0.05, 0) is 85.5 Å². The first kappa shape index (κ1) is 23.5. The molecule has 0 aromatic rings. The van der Waals surface area contributed by atoms with Gasteiger partial charge in [-0.1, -0.05) is 76.6 Å². The van der Waals surface area contributed by atoms with Crippen molar-refractivity contribution in [3.8, 4) is 0 Å². The van der Waals surface area contributed by atoms with Crippen molar-refractivity contribution in [1.29, 1.82) is 0 Å². The molecule has 3 fully saturated rings. The summed E-state index contributed by atoms with van der Waals surface area (Å²) >= 11 is 0. The average Bonchev–Trinajstić information content (AvgIpc) is 3.08. The van der Waals surface area contributed by atoms with Crippen molar-refractivity contribution < 1.29 is 10.1 Å². The molecule has 2 heteroatoms. The third-order valence-electron chi connectivity index (χ3n) is 8.76. The highest BCUT2D eigenvalue weighted by Crippen LogP contribution is 2.59. The lowest BCUT2D eigenvalue weighted by Gasteiger charge is -2.44. The van der Waals surface area contributed by atoms with E-state index < -0.39 is 0 Å². The van der Waals surface area contributed by atoms with Gasteiger partial charge in [-0.15, -0.1) is 0 Å². The lowest BCUT2D eigenvalue weighted by molar-refractivity contribution is -0.280. The Bertz CT molecular complexity index is 697. The Morgan fingerprint density at radius 2 is 1.83 bits per heavy atom. The van der Waals surface area contributed by atoms with E-state index >= 15 is 0 Å². The molecule has 6 atom stereocenters. The number of allylic oxidation sites excluding steroid dienone is 6. The number of hydrogen-bond donors (Lipinski definition) is 1. The van der Waals surface area contributed by atoms with Crippen LogP contribution in [0.4, 0.5) is 0 Å². The monoisotopic (exact) mass is 412 g/mol. The predicted molar refractivity (Wildman–Crippen MR) is 127 cm³/mol. The Kier molecular flexibility index (Phi) is 7.85. The summed E-state index contributed by atoms with van der Waals surface area (Å²) in [4.78, 5) is 4.63. The molecule has 2 nitrogen and oxygen atoms in total. The van der Waals surface area contributed by atoms with Crippen molar-refractivity contribution >= 4 is 0 Å². The maximum atomic E-state index is 9.08. The van der Waals surface area contributed by atoms with Crippen LogP contribution in [0.5, 0.6) is 0 Å². The molecule has 0 aliphatic heterocycles. The Labute approximate surface area is 185 Å². The molecular formula is C28H44O2. The van der Waals surface area contributed by atoms with Crippen LogP contribution >= 0.6 is 0 Å². The Morgan fingerprint density at radius 1 is 1.07 bits per heavy atom. The highest BCUT2D eigenvalue weighted by atomic mass is 17.1. The van der Waals surface area contributed by atoms with Gasteiger partial charge in [0.05, 0.1) is 6.10 Å². The van der Waals surface area contributed by atoms with E-state index in [9.17, 15) is 0 Å². The van der Waals surface area contributed by atoms with Crippen molar-refractivity contribution in [1.82, 2.24) is 0 Å². The molecule has 3 saturated carbocycles. The minimum absolute atomic E-state index is 0.0755. The second-order valence-corrected chi connectivity index (χ2v) is 11.0. The zero-order valence-electron chi connectivity index (χ0n) is 20.0. The third-order valence-corrected chi connectivity index (χ3v) is 8.76. The Hall–Kier alpha value is -1.12. The fourth-order valence-electron chi connectivity index (χ4n) is 6.32. The molecule has 0 aromatic carbocycles. The molecule has 0 heterocycles. The molecular weight excluding hydrogens is 368 g/mol. The molecule has 30 heavy (non-hydrogen) atoms. The quantitative estimate of drug-likeness (QED) is 0.271. The van der Waals surface area contributed by atoms with Gasteiger partial charge in [0.25, 0.3) is 0 Å². The van der Waals surface area contributed by atoms with Gasteiger partial charge in [-0.2, -0.15) is 0 Å². The van der Waals surface area contributed by atoms with E-state index in [4.69, 9.17) is 5.26 Å². The second kappa shape index (κ2) is 10.0. The van der Waals surface area contributed by atoms with Crippen LogP contribution in [0.3, 0.4) is 0 Å². The summed E-state index contributed by atoms with van der Waals surface area (Å²) in [5.74, 6) is 3.52. The van der Waals surface area contributed by atoms with Crippen LogP contribution in [-0.4, -0.2) is 11.4 Å². The highest BCUT2D eigenvalue weighted by molar-refractivity contribution is 5.36. The van der Waals surface area contributed by atoms with Crippen molar-refractivity contribution in [2.45, 2.75) is 92.1 Å². The van der Waals surface area contributed by atoms with Crippen LogP contribution in [0, 0.1) is 35.0 Å². The third kappa shape index (κ3) is 5.02. The summed E-state index contributed by atoms with van der Waals surface area (Å²) in [5, 5.41) is 9.08. The largest absolute Gasteiger partial charge is 0.252 e. The minimum atomic E-state index is -0.0755. The lowest BCUT2D eigenvalue weighted by Crippen LogP contribution is -2.35. The van der Waals surface area contributed by atoms with Crippen molar-refractivity contribution in [2.75, 3.05) is 0 Å².